The van der Waals surface area contributed by atoms with Crippen LogP contribution in [0.3, 0.4) is 0 Å². The lowest BCUT2D eigenvalue weighted by atomic mass is 10.1. The Morgan fingerprint density at radius 2 is 1.75 bits per heavy atom. The highest BCUT2D eigenvalue weighted by molar-refractivity contribution is 7.89. The number of carbonyl (C=O) groups excluding carboxylic acids is 1. The summed E-state index contributed by atoms with van der Waals surface area (Å²) in [7, 11) is 0.974. The molecule has 2 aromatic rings. The lowest BCUT2D eigenvalue weighted by Gasteiger charge is -2.13. The molecule has 8 heteroatoms. The van der Waals surface area contributed by atoms with E-state index in [1.54, 1.807) is 7.11 Å². The first-order chi connectivity index (χ1) is 13.3. The van der Waals surface area contributed by atoms with Crippen LogP contribution in [0.2, 0.25) is 0 Å². The molecule has 0 saturated carbocycles. The number of nitrogens with one attached hydrogen (secondary N) is 1. The number of hydrogen-bond acceptors (Lipinski definition) is 5. The molecule has 0 spiro atoms. The minimum Gasteiger partial charge on any atom is -0.493 e. The van der Waals surface area contributed by atoms with E-state index in [9.17, 15) is 13.2 Å². The van der Waals surface area contributed by atoms with E-state index >= 15 is 0 Å². The van der Waals surface area contributed by atoms with Gasteiger partial charge in [0, 0.05) is 26.2 Å². The van der Waals surface area contributed by atoms with Crippen molar-refractivity contribution in [3.63, 3.8) is 0 Å². The summed E-state index contributed by atoms with van der Waals surface area (Å²) in [6, 6.07) is 11.3. The van der Waals surface area contributed by atoms with Crippen molar-refractivity contribution < 1.29 is 22.7 Å². The minimum atomic E-state index is -3.52. The molecule has 2 aromatic carbocycles. The Morgan fingerprint density at radius 1 is 1.07 bits per heavy atom. The van der Waals surface area contributed by atoms with Crippen LogP contribution in [0.1, 0.15) is 29.3 Å². The van der Waals surface area contributed by atoms with Crippen molar-refractivity contribution in [1.29, 1.82) is 0 Å². The predicted octanol–water partition coefficient (Wildman–Crippen LogP) is 2.66. The van der Waals surface area contributed by atoms with Gasteiger partial charge in [-0.3, -0.25) is 4.79 Å². The maximum absolute atomic E-state index is 12.3. The second kappa shape index (κ2) is 9.57. The smallest absolute Gasteiger partial charge is 0.251 e. The van der Waals surface area contributed by atoms with Crippen LogP contribution >= 0.6 is 0 Å². The predicted molar refractivity (Wildman–Crippen MR) is 107 cm³/mol. The van der Waals surface area contributed by atoms with Gasteiger partial charge in [-0.2, -0.15) is 0 Å². The van der Waals surface area contributed by atoms with Crippen LogP contribution < -0.4 is 14.8 Å². The average molecular weight is 407 g/mol. The van der Waals surface area contributed by atoms with Crippen molar-refractivity contribution in [3.8, 4) is 11.5 Å². The summed E-state index contributed by atoms with van der Waals surface area (Å²) in [6.45, 7) is 2.94. The summed E-state index contributed by atoms with van der Waals surface area (Å²) in [6.07, 6.45) is 0.898. The number of hydrogen-bond donors (Lipinski definition) is 1. The second-order valence-corrected chi connectivity index (χ2v) is 8.48. The van der Waals surface area contributed by atoms with Gasteiger partial charge in [0.15, 0.2) is 11.5 Å². The van der Waals surface area contributed by atoms with Gasteiger partial charge in [-0.05, 0) is 48.4 Å². The van der Waals surface area contributed by atoms with Gasteiger partial charge in [-0.1, -0.05) is 13.0 Å². The highest BCUT2D eigenvalue weighted by Gasteiger charge is 2.17. The number of sulfonamides is 1. The summed E-state index contributed by atoms with van der Waals surface area (Å²) in [5.74, 6) is 0.981. The Hall–Kier alpha value is -2.58. The van der Waals surface area contributed by atoms with Gasteiger partial charge in [0.1, 0.15) is 0 Å². The number of methoxy groups -OCH3 is 1. The monoisotopic (exact) mass is 406 g/mol. The van der Waals surface area contributed by atoms with E-state index in [1.165, 1.54) is 38.4 Å². The molecule has 0 atom stereocenters. The molecule has 2 rings (SSSR count). The molecule has 0 aliphatic heterocycles. The Kier molecular flexibility index (Phi) is 7.42. The first-order valence-corrected chi connectivity index (χ1v) is 10.3. The van der Waals surface area contributed by atoms with Crippen molar-refractivity contribution >= 4 is 15.9 Å². The molecule has 1 amide bonds. The summed E-state index contributed by atoms with van der Waals surface area (Å²) in [5.41, 5.74) is 1.24. The average Bonchev–Trinajstić information content (AvgIpc) is 2.70. The number of rotatable bonds is 9. The van der Waals surface area contributed by atoms with E-state index in [-0.39, 0.29) is 10.8 Å². The van der Waals surface area contributed by atoms with Gasteiger partial charge in [0.25, 0.3) is 5.91 Å². The number of carbonyl (C=O) groups is 1. The molecule has 0 fully saturated rings. The zero-order valence-electron chi connectivity index (χ0n) is 16.6. The van der Waals surface area contributed by atoms with Crippen LogP contribution in [-0.4, -0.2) is 46.4 Å². The molecule has 28 heavy (non-hydrogen) atoms. The van der Waals surface area contributed by atoms with Crippen molar-refractivity contribution in [2.45, 2.75) is 24.8 Å². The van der Waals surface area contributed by atoms with Crippen LogP contribution in [0.5, 0.6) is 11.5 Å². The molecular formula is C20H26N2O5S. The van der Waals surface area contributed by atoms with E-state index in [4.69, 9.17) is 9.47 Å². The first-order valence-electron chi connectivity index (χ1n) is 8.90. The van der Waals surface area contributed by atoms with Crippen LogP contribution in [0.25, 0.3) is 0 Å². The number of nitrogens with zero attached hydrogens (tertiary/aromatic N) is 1. The highest BCUT2D eigenvalue weighted by atomic mass is 32.2. The molecule has 0 heterocycles. The zero-order valence-corrected chi connectivity index (χ0v) is 17.4. The fraction of sp³-hybridized carbons (Fsp3) is 0.350. The van der Waals surface area contributed by atoms with Crippen molar-refractivity contribution in [3.05, 3.63) is 53.6 Å². The number of amides is 1. The molecule has 0 aliphatic carbocycles. The zero-order chi connectivity index (χ0) is 20.7. The highest BCUT2D eigenvalue weighted by Crippen LogP contribution is 2.28. The molecular weight excluding hydrogens is 380 g/mol. The summed E-state index contributed by atoms with van der Waals surface area (Å²) < 4.78 is 36.2. The van der Waals surface area contributed by atoms with Gasteiger partial charge in [0.2, 0.25) is 10.0 Å². The number of benzene rings is 2. The topological polar surface area (TPSA) is 84.9 Å². The van der Waals surface area contributed by atoms with E-state index in [2.05, 4.69) is 5.32 Å². The second-order valence-electron chi connectivity index (χ2n) is 6.33. The van der Waals surface area contributed by atoms with Gasteiger partial charge >= 0.3 is 0 Å². The Balaban J connectivity index is 2.04. The van der Waals surface area contributed by atoms with Crippen molar-refractivity contribution in [1.82, 2.24) is 9.62 Å². The van der Waals surface area contributed by atoms with Crippen molar-refractivity contribution in [2.24, 2.45) is 0 Å². The standard InChI is InChI=1S/C20H26N2O5S/c1-5-12-27-18-11-6-15(13-19(18)26-4)14-21-20(23)16-7-9-17(10-8-16)28(24,25)22(2)3/h6-11,13H,5,12,14H2,1-4H3,(H,21,23). The third kappa shape index (κ3) is 5.24. The molecule has 0 bridgehead atoms. The van der Waals surface area contributed by atoms with Crippen LogP contribution in [0, 0.1) is 0 Å². The van der Waals surface area contributed by atoms with E-state index in [0.29, 0.717) is 30.2 Å². The molecule has 152 valence electrons. The quantitative estimate of drug-likeness (QED) is 0.692. The van der Waals surface area contributed by atoms with E-state index < -0.39 is 10.0 Å². The normalized spacial score (nSPS) is 11.3. The minimum absolute atomic E-state index is 0.140. The summed E-state index contributed by atoms with van der Waals surface area (Å²) in [5, 5.41) is 2.81. The van der Waals surface area contributed by atoms with Gasteiger partial charge in [-0.15, -0.1) is 0 Å². The lowest BCUT2D eigenvalue weighted by Crippen LogP contribution is -2.24. The van der Waals surface area contributed by atoms with E-state index in [0.717, 1.165) is 16.3 Å². The Morgan fingerprint density at radius 3 is 2.32 bits per heavy atom. The van der Waals surface area contributed by atoms with Crippen LogP contribution in [0.4, 0.5) is 0 Å². The van der Waals surface area contributed by atoms with Crippen molar-refractivity contribution in [2.75, 3.05) is 27.8 Å². The molecule has 0 unspecified atom stereocenters. The Bertz CT molecular complexity index is 909. The lowest BCUT2D eigenvalue weighted by molar-refractivity contribution is 0.0950. The van der Waals surface area contributed by atoms with Crippen LogP contribution in [-0.2, 0) is 16.6 Å². The fourth-order valence-corrected chi connectivity index (χ4v) is 3.33. The SMILES string of the molecule is CCCOc1ccc(CNC(=O)c2ccc(S(=O)(=O)N(C)C)cc2)cc1OC. The van der Waals surface area contributed by atoms with Crippen LogP contribution in [0.15, 0.2) is 47.4 Å². The van der Waals surface area contributed by atoms with Gasteiger partial charge in [0.05, 0.1) is 18.6 Å². The third-order valence-corrected chi connectivity index (χ3v) is 5.87. The Labute approximate surface area is 166 Å². The third-order valence-electron chi connectivity index (χ3n) is 4.04. The number of ether oxygens (including phenoxy) is 2. The first kappa shape index (κ1) is 21.7. The van der Waals surface area contributed by atoms with Gasteiger partial charge < -0.3 is 14.8 Å². The molecule has 0 aliphatic rings. The summed E-state index contributed by atoms with van der Waals surface area (Å²) in [4.78, 5) is 12.5. The maximum Gasteiger partial charge on any atom is 0.251 e. The van der Waals surface area contributed by atoms with Gasteiger partial charge in [-0.25, -0.2) is 12.7 Å². The molecule has 0 aromatic heterocycles. The maximum atomic E-state index is 12.3. The van der Waals surface area contributed by atoms with E-state index in [1.807, 2.05) is 25.1 Å². The molecule has 1 N–H and O–H groups in total. The molecule has 7 nitrogen and oxygen atoms in total. The largest absolute Gasteiger partial charge is 0.493 e. The summed E-state index contributed by atoms with van der Waals surface area (Å²) >= 11 is 0. The molecule has 0 saturated heterocycles. The molecule has 0 radical (unpaired) electrons. The fourth-order valence-electron chi connectivity index (χ4n) is 2.43.